The van der Waals surface area contributed by atoms with Crippen molar-refractivity contribution in [3.05, 3.63) is 24.3 Å². The van der Waals surface area contributed by atoms with E-state index in [1.165, 1.54) is 6.07 Å². The maximum absolute atomic E-state index is 11.1. The number of anilines is 1. The van der Waals surface area contributed by atoms with Gasteiger partial charge in [0.1, 0.15) is 10.7 Å². The van der Waals surface area contributed by atoms with Crippen molar-refractivity contribution >= 4 is 21.6 Å². The smallest absolute Gasteiger partial charge is 0.296 e. The first kappa shape index (κ1) is 11.1. The zero-order valence-corrected chi connectivity index (χ0v) is 9.37. The lowest BCUT2D eigenvalue weighted by Crippen LogP contribution is -2.12. The van der Waals surface area contributed by atoms with Gasteiger partial charge in [0.2, 0.25) is 0 Å². The number of hydrogen-bond acceptors (Lipinski definition) is 4. The molecule has 0 unspecified atom stereocenters. The minimum absolute atomic E-state index is 0.121. The van der Waals surface area contributed by atoms with E-state index >= 15 is 0 Å². The number of amidine groups is 1. The monoisotopic (exact) mass is 240 g/mol. The lowest BCUT2D eigenvalue weighted by molar-refractivity contribution is 0.483. The van der Waals surface area contributed by atoms with E-state index in [4.69, 9.17) is 4.55 Å². The lowest BCUT2D eigenvalue weighted by Gasteiger charge is -2.09. The molecule has 86 valence electrons. The fourth-order valence-corrected chi connectivity index (χ4v) is 2.24. The first-order valence-corrected chi connectivity index (χ1v) is 6.38. The second kappa shape index (κ2) is 4.23. The van der Waals surface area contributed by atoms with Gasteiger partial charge in [0, 0.05) is 13.0 Å². The predicted octanol–water partition coefficient (Wildman–Crippen LogP) is 1.54. The van der Waals surface area contributed by atoms with E-state index in [0.717, 1.165) is 25.2 Å². The van der Waals surface area contributed by atoms with Crippen molar-refractivity contribution in [2.24, 2.45) is 4.99 Å². The van der Waals surface area contributed by atoms with Crippen LogP contribution in [-0.4, -0.2) is 25.4 Å². The largest absolute Gasteiger partial charge is 0.343 e. The van der Waals surface area contributed by atoms with Crippen LogP contribution in [0.3, 0.4) is 0 Å². The number of para-hydroxylation sites is 1. The molecule has 0 bridgehead atoms. The van der Waals surface area contributed by atoms with E-state index in [9.17, 15) is 8.42 Å². The zero-order valence-electron chi connectivity index (χ0n) is 8.55. The zero-order chi connectivity index (χ0) is 11.6. The number of nitrogens with zero attached hydrogens (tertiary/aromatic N) is 1. The van der Waals surface area contributed by atoms with Crippen molar-refractivity contribution in [2.45, 2.75) is 17.7 Å². The molecule has 1 aliphatic rings. The lowest BCUT2D eigenvalue weighted by atomic mass is 10.3. The Balaban J connectivity index is 2.33. The highest BCUT2D eigenvalue weighted by atomic mass is 32.2. The fraction of sp³-hybridized carbons (Fsp3) is 0.300. The third-order valence-corrected chi connectivity index (χ3v) is 3.23. The van der Waals surface area contributed by atoms with Gasteiger partial charge in [0.15, 0.2) is 0 Å². The molecule has 0 saturated heterocycles. The van der Waals surface area contributed by atoms with Gasteiger partial charge in [-0.1, -0.05) is 12.1 Å². The Kier molecular flexibility index (Phi) is 2.93. The van der Waals surface area contributed by atoms with Crippen LogP contribution in [-0.2, 0) is 10.1 Å². The van der Waals surface area contributed by atoms with Crippen LogP contribution in [0, 0.1) is 0 Å². The van der Waals surface area contributed by atoms with E-state index in [-0.39, 0.29) is 4.90 Å². The minimum atomic E-state index is -4.19. The van der Waals surface area contributed by atoms with Gasteiger partial charge in [-0.2, -0.15) is 8.42 Å². The molecule has 2 N–H and O–H groups in total. The minimum Gasteiger partial charge on any atom is -0.343 e. The third-order valence-electron chi connectivity index (χ3n) is 2.32. The highest BCUT2D eigenvalue weighted by molar-refractivity contribution is 7.86. The number of nitrogens with one attached hydrogen (secondary N) is 1. The summed E-state index contributed by atoms with van der Waals surface area (Å²) in [6.07, 6.45) is 1.77. The number of benzene rings is 1. The van der Waals surface area contributed by atoms with Crippen molar-refractivity contribution in [2.75, 3.05) is 11.9 Å². The average Bonchev–Trinajstić information content (AvgIpc) is 2.70. The molecule has 0 atom stereocenters. The second-order valence-electron chi connectivity index (χ2n) is 3.53. The van der Waals surface area contributed by atoms with Crippen LogP contribution in [0.25, 0.3) is 0 Å². The first-order chi connectivity index (χ1) is 7.57. The molecule has 2 rings (SSSR count). The van der Waals surface area contributed by atoms with Gasteiger partial charge in [-0.15, -0.1) is 0 Å². The molecular weight excluding hydrogens is 228 g/mol. The van der Waals surface area contributed by atoms with Crippen molar-refractivity contribution in [3.63, 3.8) is 0 Å². The van der Waals surface area contributed by atoms with Gasteiger partial charge in [0.05, 0.1) is 5.69 Å². The number of hydrogen-bond donors (Lipinski definition) is 2. The van der Waals surface area contributed by atoms with E-state index < -0.39 is 10.1 Å². The molecule has 0 radical (unpaired) electrons. The summed E-state index contributed by atoms with van der Waals surface area (Å²) in [5.74, 6) is 0.760. The van der Waals surface area contributed by atoms with Gasteiger partial charge >= 0.3 is 0 Å². The Bertz CT molecular complexity index is 523. The number of rotatable bonds is 2. The molecule has 0 fully saturated rings. The third kappa shape index (κ3) is 2.40. The average molecular weight is 240 g/mol. The van der Waals surface area contributed by atoms with Gasteiger partial charge in [-0.25, -0.2) is 0 Å². The summed E-state index contributed by atoms with van der Waals surface area (Å²) in [7, 11) is -4.19. The molecule has 16 heavy (non-hydrogen) atoms. The summed E-state index contributed by atoms with van der Waals surface area (Å²) >= 11 is 0. The van der Waals surface area contributed by atoms with Gasteiger partial charge < -0.3 is 5.32 Å². The van der Waals surface area contributed by atoms with Crippen LogP contribution >= 0.6 is 0 Å². The standard InChI is InChI=1S/C10H12N2O3S/c13-16(14,15)9-5-2-1-4-8(9)12-10-6-3-7-11-10/h1-2,4-5H,3,6-7H2,(H,11,12)(H,13,14,15). The predicted molar refractivity (Wildman–Crippen MR) is 61.4 cm³/mol. The van der Waals surface area contributed by atoms with Crippen LogP contribution < -0.4 is 5.32 Å². The van der Waals surface area contributed by atoms with Crippen LogP contribution in [0.15, 0.2) is 34.2 Å². The molecule has 5 nitrogen and oxygen atoms in total. The van der Waals surface area contributed by atoms with Crippen molar-refractivity contribution in [1.82, 2.24) is 0 Å². The van der Waals surface area contributed by atoms with Gasteiger partial charge in [0.25, 0.3) is 10.1 Å². The van der Waals surface area contributed by atoms with E-state index in [2.05, 4.69) is 10.3 Å². The summed E-state index contributed by atoms with van der Waals surface area (Å²) in [4.78, 5) is 4.06. The van der Waals surface area contributed by atoms with Crippen molar-refractivity contribution in [3.8, 4) is 0 Å². The molecule has 1 aromatic carbocycles. The van der Waals surface area contributed by atoms with Gasteiger partial charge in [-0.3, -0.25) is 9.55 Å². The van der Waals surface area contributed by atoms with Crippen LogP contribution in [0.1, 0.15) is 12.8 Å². The van der Waals surface area contributed by atoms with Crippen LogP contribution in [0.2, 0.25) is 0 Å². The summed E-state index contributed by atoms with van der Waals surface area (Å²) in [5, 5.41) is 2.93. The Morgan fingerprint density at radius 1 is 1.31 bits per heavy atom. The molecule has 0 aromatic heterocycles. The number of aliphatic imine (C=N–C) groups is 1. The SMILES string of the molecule is O=S(=O)(O)c1ccccc1NC1=NCCC1. The van der Waals surface area contributed by atoms with Crippen LogP contribution in [0.4, 0.5) is 5.69 Å². The topological polar surface area (TPSA) is 78.8 Å². The Labute approximate surface area is 94.0 Å². The molecule has 1 aromatic rings. The maximum Gasteiger partial charge on any atom is 0.296 e. The fourth-order valence-electron chi connectivity index (χ4n) is 1.59. The molecule has 0 amide bonds. The maximum atomic E-state index is 11.1. The molecule has 0 saturated carbocycles. The van der Waals surface area contributed by atoms with Gasteiger partial charge in [-0.05, 0) is 18.6 Å². The Morgan fingerprint density at radius 3 is 2.69 bits per heavy atom. The molecular formula is C10H12N2O3S. The summed E-state index contributed by atoms with van der Waals surface area (Å²) in [6, 6.07) is 6.22. The normalized spacial score (nSPS) is 15.9. The molecule has 1 aliphatic heterocycles. The van der Waals surface area contributed by atoms with E-state index in [1.54, 1.807) is 18.2 Å². The summed E-state index contributed by atoms with van der Waals surface area (Å²) in [5.41, 5.74) is 0.366. The first-order valence-electron chi connectivity index (χ1n) is 4.94. The van der Waals surface area contributed by atoms with Crippen molar-refractivity contribution in [1.29, 1.82) is 0 Å². The highest BCUT2D eigenvalue weighted by Crippen LogP contribution is 2.21. The Morgan fingerprint density at radius 2 is 2.06 bits per heavy atom. The highest BCUT2D eigenvalue weighted by Gasteiger charge is 2.16. The molecule has 0 aliphatic carbocycles. The summed E-state index contributed by atoms with van der Waals surface area (Å²) < 4.78 is 31.2. The van der Waals surface area contributed by atoms with Crippen LogP contribution in [0.5, 0.6) is 0 Å². The van der Waals surface area contributed by atoms with E-state index in [0.29, 0.717) is 5.69 Å². The van der Waals surface area contributed by atoms with E-state index in [1.807, 2.05) is 0 Å². The quantitative estimate of drug-likeness (QED) is 0.768. The molecule has 0 spiro atoms. The summed E-state index contributed by atoms with van der Waals surface area (Å²) in [6.45, 7) is 0.760. The second-order valence-corrected chi connectivity index (χ2v) is 4.92. The molecule has 6 heteroatoms. The molecule has 1 heterocycles. The van der Waals surface area contributed by atoms with Crippen molar-refractivity contribution < 1.29 is 13.0 Å². The Hall–Kier alpha value is -1.40.